The van der Waals surface area contributed by atoms with E-state index in [-0.39, 0.29) is 28.8 Å². The quantitative estimate of drug-likeness (QED) is 0.452. The van der Waals surface area contributed by atoms with Gasteiger partial charge in [-0.05, 0) is 30.5 Å². The summed E-state index contributed by atoms with van der Waals surface area (Å²) in [5, 5.41) is 5.15. The predicted molar refractivity (Wildman–Crippen MR) is 70.1 cm³/mol. The maximum Gasteiger partial charge on any atom is 0.242 e. The zero-order valence-corrected chi connectivity index (χ0v) is 11.2. The highest BCUT2D eigenvalue weighted by molar-refractivity contribution is 7.80. The first-order valence-electron chi connectivity index (χ1n) is 5.64. The van der Waals surface area contributed by atoms with E-state index in [1.54, 1.807) is 6.08 Å². The summed E-state index contributed by atoms with van der Waals surface area (Å²) in [5.74, 6) is -0.673. The molecule has 1 atom stereocenters. The van der Waals surface area contributed by atoms with Gasteiger partial charge in [0.25, 0.3) is 0 Å². The number of carbonyl (C=O) groups excluding carboxylic acids is 2. The number of nitrogens with one attached hydrogen (secondary N) is 2. The molecule has 1 unspecified atom stereocenters. The lowest BCUT2D eigenvalue weighted by Crippen LogP contribution is -2.64. The van der Waals surface area contributed by atoms with Gasteiger partial charge in [0.2, 0.25) is 11.8 Å². The van der Waals surface area contributed by atoms with Gasteiger partial charge >= 0.3 is 0 Å². The lowest BCUT2D eigenvalue weighted by molar-refractivity contribution is -0.147. The Labute approximate surface area is 107 Å². The molecule has 1 fully saturated rings. The van der Waals surface area contributed by atoms with Gasteiger partial charge in [-0.15, -0.1) is 6.58 Å². The minimum atomic E-state index is -1.10. The van der Waals surface area contributed by atoms with Crippen LogP contribution in [-0.4, -0.2) is 16.9 Å². The van der Waals surface area contributed by atoms with Gasteiger partial charge in [-0.3, -0.25) is 9.59 Å². The Morgan fingerprint density at radius 1 is 1.29 bits per heavy atom. The van der Waals surface area contributed by atoms with Gasteiger partial charge in [-0.25, -0.2) is 0 Å². The fourth-order valence-electron chi connectivity index (χ4n) is 2.19. The molecule has 0 radical (unpaired) electrons. The minimum absolute atomic E-state index is 0.0793. The van der Waals surface area contributed by atoms with Gasteiger partial charge in [0.15, 0.2) is 5.11 Å². The third kappa shape index (κ3) is 2.39. The van der Waals surface area contributed by atoms with Crippen molar-refractivity contribution in [2.24, 2.45) is 17.3 Å². The molecule has 0 aromatic carbocycles. The molecule has 1 aliphatic rings. The van der Waals surface area contributed by atoms with Crippen LogP contribution in [0.5, 0.6) is 0 Å². The van der Waals surface area contributed by atoms with E-state index in [4.69, 9.17) is 12.2 Å². The predicted octanol–water partition coefficient (Wildman–Crippen LogP) is 1.37. The first kappa shape index (κ1) is 13.8. The van der Waals surface area contributed by atoms with Crippen LogP contribution in [-0.2, 0) is 9.59 Å². The fourth-order valence-corrected chi connectivity index (χ4v) is 2.38. The van der Waals surface area contributed by atoms with Crippen molar-refractivity contribution in [2.75, 3.05) is 0 Å². The smallest absolute Gasteiger partial charge is 0.242 e. The van der Waals surface area contributed by atoms with Gasteiger partial charge in [0, 0.05) is 0 Å². The van der Waals surface area contributed by atoms with Gasteiger partial charge in [0.05, 0.1) is 0 Å². The summed E-state index contributed by atoms with van der Waals surface area (Å²) in [6.45, 7) is 9.46. The molecule has 1 rings (SSSR count). The zero-order chi connectivity index (χ0) is 13.2. The normalized spacial score (nSPS) is 20.8. The Balaban J connectivity index is 3.20. The van der Waals surface area contributed by atoms with E-state index in [0.717, 1.165) is 0 Å². The van der Waals surface area contributed by atoms with Crippen molar-refractivity contribution in [1.29, 1.82) is 0 Å². The van der Waals surface area contributed by atoms with Crippen LogP contribution >= 0.6 is 12.2 Å². The molecule has 1 aliphatic heterocycles. The number of hydrogen-bond donors (Lipinski definition) is 2. The summed E-state index contributed by atoms with van der Waals surface area (Å²) >= 11 is 4.81. The van der Waals surface area contributed by atoms with Crippen LogP contribution in [0.1, 0.15) is 27.2 Å². The third-order valence-electron chi connectivity index (χ3n) is 3.13. The molecule has 0 bridgehead atoms. The third-order valence-corrected chi connectivity index (χ3v) is 3.33. The maximum absolute atomic E-state index is 12.2. The molecule has 2 amide bonds. The Kier molecular flexibility index (Phi) is 4.03. The molecule has 0 aliphatic carbocycles. The Morgan fingerprint density at radius 3 is 2.12 bits per heavy atom. The summed E-state index contributed by atoms with van der Waals surface area (Å²) in [6.07, 6.45) is 2.11. The summed E-state index contributed by atoms with van der Waals surface area (Å²) in [6, 6.07) is 0. The van der Waals surface area contributed by atoms with Crippen molar-refractivity contribution in [3.63, 3.8) is 0 Å². The van der Waals surface area contributed by atoms with Crippen molar-refractivity contribution in [3.8, 4) is 0 Å². The van der Waals surface area contributed by atoms with E-state index < -0.39 is 5.41 Å². The molecule has 1 heterocycles. The second-order valence-corrected chi connectivity index (χ2v) is 5.24. The van der Waals surface area contributed by atoms with E-state index in [2.05, 4.69) is 17.2 Å². The molecule has 0 spiro atoms. The van der Waals surface area contributed by atoms with Gasteiger partial charge < -0.3 is 10.6 Å². The highest BCUT2D eigenvalue weighted by Crippen LogP contribution is 2.37. The first-order chi connectivity index (χ1) is 7.84. The second-order valence-electron chi connectivity index (χ2n) is 4.83. The SMILES string of the molecule is C=CC(C)C1(CC(C)C)C(=O)NC(=S)NC1=O. The molecule has 0 saturated carbocycles. The van der Waals surface area contributed by atoms with Crippen molar-refractivity contribution in [2.45, 2.75) is 27.2 Å². The topological polar surface area (TPSA) is 58.2 Å². The van der Waals surface area contributed by atoms with Crippen molar-refractivity contribution >= 4 is 29.1 Å². The molecule has 5 heteroatoms. The fraction of sp³-hybridized carbons (Fsp3) is 0.583. The number of carbonyl (C=O) groups is 2. The second kappa shape index (κ2) is 4.96. The van der Waals surface area contributed by atoms with Crippen molar-refractivity contribution < 1.29 is 9.59 Å². The Morgan fingerprint density at radius 2 is 1.76 bits per heavy atom. The molecule has 4 nitrogen and oxygen atoms in total. The number of amides is 2. The van der Waals surface area contributed by atoms with E-state index in [0.29, 0.717) is 6.42 Å². The molecule has 17 heavy (non-hydrogen) atoms. The van der Waals surface area contributed by atoms with Crippen LogP contribution in [0.3, 0.4) is 0 Å². The van der Waals surface area contributed by atoms with Crippen LogP contribution in [0.4, 0.5) is 0 Å². The summed E-state index contributed by atoms with van der Waals surface area (Å²) in [4.78, 5) is 24.3. The summed E-state index contributed by atoms with van der Waals surface area (Å²) < 4.78 is 0. The molecule has 2 N–H and O–H groups in total. The average molecular weight is 254 g/mol. The molecular weight excluding hydrogens is 236 g/mol. The minimum Gasteiger partial charge on any atom is -0.302 e. The monoisotopic (exact) mass is 254 g/mol. The summed E-state index contributed by atoms with van der Waals surface area (Å²) in [5.41, 5.74) is -1.10. The van der Waals surface area contributed by atoms with Crippen molar-refractivity contribution in [1.82, 2.24) is 10.6 Å². The maximum atomic E-state index is 12.2. The standard InChI is InChI=1S/C12H18N2O2S/c1-5-8(4)12(6-7(2)3)9(15)13-11(17)14-10(12)16/h5,7-8H,1,6H2,2-4H3,(H2,13,14,15,16,17). The van der Waals surface area contributed by atoms with Gasteiger partial charge in [-0.1, -0.05) is 26.8 Å². The number of rotatable bonds is 4. The van der Waals surface area contributed by atoms with Gasteiger partial charge in [-0.2, -0.15) is 0 Å². The largest absolute Gasteiger partial charge is 0.302 e. The van der Waals surface area contributed by atoms with Gasteiger partial charge in [0.1, 0.15) is 5.41 Å². The lowest BCUT2D eigenvalue weighted by Gasteiger charge is -2.39. The lowest BCUT2D eigenvalue weighted by atomic mass is 9.68. The first-order valence-corrected chi connectivity index (χ1v) is 6.04. The highest BCUT2D eigenvalue weighted by atomic mass is 32.1. The molecule has 94 valence electrons. The van der Waals surface area contributed by atoms with Crippen molar-refractivity contribution in [3.05, 3.63) is 12.7 Å². The highest BCUT2D eigenvalue weighted by Gasteiger charge is 2.52. The van der Waals surface area contributed by atoms with Crippen LogP contribution < -0.4 is 10.6 Å². The van der Waals surface area contributed by atoms with Crippen LogP contribution in [0.25, 0.3) is 0 Å². The van der Waals surface area contributed by atoms with E-state index in [9.17, 15) is 9.59 Å². The molecule has 0 aromatic heterocycles. The van der Waals surface area contributed by atoms with E-state index >= 15 is 0 Å². The molecule has 1 saturated heterocycles. The summed E-state index contributed by atoms with van der Waals surface area (Å²) in [7, 11) is 0. The number of allylic oxidation sites excluding steroid dienone is 1. The van der Waals surface area contributed by atoms with E-state index in [1.165, 1.54) is 0 Å². The number of thiocarbonyl (C=S) groups is 1. The van der Waals surface area contributed by atoms with E-state index in [1.807, 2.05) is 20.8 Å². The number of hydrogen-bond acceptors (Lipinski definition) is 3. The molecule has 0 aromatic rings. The zero-order valence-electron chi connectivity index (χ0n) is 10.4. The van der Waals surface area contributed by atoms with Crippen LogP contribution in [0, 0.1) is 17.3 Å². The van der Waals surface area contributed by atoms with Crippen LogP contribution in [0.15, 0.2) is 12.7 Å². The van der Waals surface area contributed by atoms with Crippen LogP contribution in [0.2, 0.25) is 0 Å². The Hall–Kier alpha value is -1.23. The molecular formula is C12H18N2O2S. The Bertz CT molecular complexity index is 357. The average Bonchev–Trinajstić information content (AvgIpc) is 2.22.